The van der Waals surface area contributed by atoms with E-state index in [0.29, 0.717) is 0 Å². The first-order valence-electron chi connectivity index (χ1n) is 4.89. The Morgan fingerprint density at radius 3 is 2.54 bits per heavy atom. The van der Waals surface area contributed by atoms with E-state index in [4.69, 9.17) is 4.74 Å². The summed E-state index contributed by atoms with van der Waals surface area (Å²) in [5.74, 6) is 0.0283. The fraction of sp³-hybridized carbons (Fsp3) is 0.900. The van der Waals surface area contributed by atoms with E-state index in [2.05, 4.69) is 5.32 Å². The molecule has 3 nitrogen and oxygen atoms in total. The molecule has 0 aliphatic carbocycles. The number of hydrogen-bond acceptors (Lipinski definition) is 2. The van der Waals surface area contributed by atoms with Crippen LogP contribution in [-0.2, 0) is 9.53 Å². The highest BCUT2D eigenvalue weighted by Gasteiger charge is 2.35. The molecule has 1 fully saturated rings. The van der Waals surface area contributed by atoms with Gasteiger partial charge in [-0.15, -0.1) is 0 Å². The lowest BCUT2D eigenvalue weighted by Gasteiger charge is -2.19. The standard InChI is InChI=1S/C10H19NO2/c1-7(2)11-9(12)8-5-6-10(3,4)13-8/h7-8H,5-6H2,1-4H3,(H,11,12). The third-order valence-corrected chi connectivity index (χ3v) is 2.19. The molecule has 1 rings (SSSR count). The molecule has 0 aromatic rings. The average Bonchev–Trinajstić information content (AvgIpc) is 2.28. The first kappa shape index (κ1) is 10.5. The lowest BCUT2D eigenvalue weighted by molar-refractivity contribution is -0.135. The molecule has 1 aliphatic heterocycles. The summed E-state index contributed by atoms with van der Waals surface area (Å²) in [6.45, 7) is 7.96. The summed E-state index contributed by atoms with van der Waals surface area (Å²) in [7, 11) is 0. The van der Waals surface area contributed by atoms with Gasteiger partial charge in [0.15, 0.2) is 0 Å². The summed E-state index contributed by atoms with van der Waals surface area (Å²) < 4.78 is 5.60. The van der Waals surface area contributed by atoms with Crippen LogP contribution in [0.5, 0.6) is 0 Å². The maximum atomic E-state index is 11.5. The Hall–Kier alpha value is -0.570. The van der Waals surface area contributed by atoms with E-state index in [1.807, 2.05) is 27.7 Å². The second kappa shape index (κ2) is 3.66. The second-order valence-corrected chi connectivity index (χ2v) is 4.57. The minimum absolute atomic E-state index is 0.0283. The Morgan fingerprint density at radius 2 is 2.15 bits per heavy atom. The summed E-state index contributed by atoms with van der Waals surface area (Å²) in [6.07, 6.45) is 1.56. The van der Waals surface area contributed by atoms with Crippen LogP contribution >= 0.6 is 0 Å². The van der Waals surface area contributed by atoms with Gasteiger partial charge in [0.05, 0.1) is 5.60 Å². The van der Waals surface area contributed by atoms with Crippen LogP contribution < -0.4 is 5.32 Å². The largest absolute Gasteiger partial charge is 0.363 e. The molecule has 0 spiro atoms. The second-order valence-electron chi connectivity index (χ2n) is 4.57. The zero-order valence-corrected chi connectivity index (χ0v) is 8.89. The molecule has 1 unspecified atom stereocenters. The van der Waals surface area contributed by atoms with Gasteiger partial charge in [0.1, 0.15) is 6.10 Å². The molecule has 0 saturated carbocycles. The minimum atomic E-state index is -0.239. The van der Waals surface area contributed by atoms with Gasteiger partial charge in [-0.25, -0.2) is 0 Å². The number of nitrogens with one attached hydrogen (secondary N) is 1. The molecule has 0 aromatic heterocycles. The lowest BCUT2D eigenvalue weighted by atomic mass is 10.1. The monoisotopic (exact) mass is 185 g/mol. The molecule has 1 N–H and O–H groups in total. The van der Waals surface area contributed by atoms with E-state index in [1.54, 1.807) is 0 Å². The first-order valence-corrected chi connectivity index (χ1v) is 4.89. The van der Waals surface area contributed by atoms with Gasteiger partial charge < -0.3 is 10.1 Å². The molecule has 3 heteroatoms. The number of rotatable bonds is 2. The molecular weight excluding hydrogens is 166 g/mol. The smallest absolute Gasteiger partial charge is 0.249 e. The molecule has 13 heavy (non-hydrogen) atoms. The van der Waals surface area contributed by atoms with E-state index in [1.165, 1.54) is 0 Å². The van der Waals surface area contributed by atoms with E-state index < -0.39 is 0 Å². The van der Waals surface area contributed by atoms with Crippen molar-refractivity contribution in [3.05, 3.63) is 0 Å². The van der Waals surface area contributed by atoms with E-state index in [9.17, 15) is 4.79 Å². The number of hydrogen-bond donors (Lipinski definition) is 1. The maximum Gasteiger partial charge on any atom is 0.249 e. The SMILES string of the molecule is CC(C)NC(=O)C1CCC(C)(C)O1. The van der Waals surface area contributed by atoms with Gasteiger partial charge in [0.2, 0.25) is 5.91 Å². The number of ether oxygens (including phenoxy) is 1. The Labute approximate surface area is 79.8 Å². The molecule has 1 heterocycles. The van der Waals surface area contributed by atoms with E-state index in [0.717, 1.165) is 12.8 Å². The molecule has 1 saturated heterocycles. The summed E-state index contributed by atoms with van der Waals surface area (Å²) in [6, 6.07) is 0.194. The van der Waals surface area contributed by atoms with Crippen molar-refractivity contribution in [3.63, 3.8) is 0 Å². The zero-order chi connectivity index (χ0) is 10.1. The average molecular weight is 185 g/mol. The zero-order valence-electron chi connectivity index (χ0n) is 8.89. The normalized spacial score (nSPS) is 26.4. The molecule has 0 aromatic carbocycles. The van der Waals surface area contributed by atoms with Crippen LogP contribution in [0.15, 0.2) is 0 Å². The highest BCUT2D eigenvalue weighted by atomic mass is 16.5. The molecule has 1 amide bonds. The molecule has 0 radical (unpaired) electrons. The summed E-state index contributed by atoms with van der Waals surface area (Å²) in [5.41, 5.74) is -0.126. The molecule has 0 bridgehead atoms. The van der Waals surface area contributed by atoms with Gasteiger partial charge >= 0.3 is 0 Å². The summed E-state index contributed by atoms with van der Waals surface area (Å²) >= 11 is 0. The van der Waals surface area contributed by atoms with Crippen molar-refractivity contribution < 1.29 is 9.53 Å². The van der Waals surface area contributed by atoms with Crippen molar-refractivity contribution in [1.29, 1.82) is 0 Å². The maximum absolute atomic E-state index is 11.5. The lowest BCUT2D eigenvalue weighted by Crippen LogP contribution is -2.39. The van der Waals surface area contributed by atoms with Crippen LogP contribution in [0.3, 0.4) is 0 Å². The van der Waals surface area contributed by atoms with Crippen LogP contribution in [0.4, 0.5) is 0 Å². The summed E-state index contributed by atoms with van der Waals surface area (Å²) in [5, 5.41) is 2.86. The van der Waals surface area contributed by atoms with Gasteiger partial charge in [-0.2, -0.15) is 0 Å². The predicted molar refractivity (Wildman–Crippen MR) is 51.5 cm³/mol. The predicted octanol–water partition coefficient (Wildman–Crippen LogP) is 1.47. The quantitative estimate of drug-likeness (QED) is 0.707. The van der Waals surface area contributed by atoms with Gasteiger partial charge in [0.25, 0.3) is 0 Å². The first-order chi connectivity index (χ1) is 5.91. The van der Waals surface area contributed by atoms with Gasteiger partial charge in [-0.3, -0.25) is 4.79 Å². The van der Waals surface area contributed by atoms with E-state index >= 15 is 0 Å². The fourth-order valence-electron chi connectivity index (χ4n) is 1.54. The third-order valence-electron chi connectivity index (χ3n) is 2.19. The minimum Gasteiger partial charge on any atom is -0.363 e. The highest BCUT2D eigenvalue weighted by Crippen LogP contribution is 2.29. The van der Waals surface area contributed by atoms with Crippen LogP contribution in [0.1, 0.15) is 40.5 Å². The van der Waals surface area contributed by atoms with Crippen LogP contribution in [0.2, 0.25) is 0 Å². The van der Waals surface area contributed by atoms with Gasteiger partial charge in [-0.1, -0.05) is 0 Å². The van der Waals surface area contributed by atoms with Crippen molar-refractivity contribution in [3.8, 4) is 0 Å². The van der Waals surface area contributed by atoms with Crippen molar-refractivity contribution in [2.75, 3.05) is 0 Å². The van der Waals surface area contributed by atoms with Crippen molar-refractivity contribution in [2.24, 2.45) is 0 Å². The van der Waals surface area contributed by atoms with Crippen LogP contribution in [0, 0.1) is 0 Å². The highest BCUT2D eigenvalue weighted by molar-refractivity contribution is 5.81. The van der Waals surface area contributed by atoms with Gasteiger partial charge in [-0.05, 0) is 40.5 Å². The Bertz CT molecular complexity index is 199. The van der Waals surface area contributed by atoms with E-state index in [-0.39, 0.29) is 23.7 Å². The van der Waals surface area contributed by atoms with Crippen molar-refractivity contribution in [1.82, 2.24) is 5.32 Å². The third kappa shape index (κ3) is 2.99. The van der Waals surface area contributed by atoms with Crippen molar-refractivity contribution in [2.45, 2.75) is 58.3 Å². The number of carbonyl (C=O) groups is 1. The Balaban J connectivity index is 2.42. The molecule has 1 atom stereocenters. The number of amides is 1. The fourth-order valence-corrected chi connectivity index (χ4v) is 1.54. The topological polar surface area (TPSA) is 38.3 Å². The van der Waals surface area contributed by atoms with Gasteiger partial charge in [0, 0.05) is 6.04 Å². The molecular formula is C10H19NO2. The molecule has 1 aliphatic rings. The van der Waals surface area contributed by atoms with Crippen LogP contribution in [0.25, 0.3) is 0 Å². The Morgan fingerprint density at radius 1 is 1.54 bits per heavy atom. The number of carbonyl (C=O) groups excluding carboxylic acids is 1. The van der Waals surface area contributed by atoms with Crippen molar-refractivity contribution >= 4 is 5.91 Å². The summed E-state index contributed by atoms with van der Waals surface area (Å²) in [4.78, 5) is 11.5. The Kier molecular flexibility index (Phi) is 2.96. The molecule has 76 valence electrons. The van der Waals surface area contributed by atoms with Crippen LogP contribution in [-0.4, -0.2) is 23.7 Å².